The number of anilines is 1. The van der Waals surface area contributed by atoms with E-state index in [1.54, 1.807) is 6.07 Å². The smallest absolute Gasteiger partial charge is 0.357 e. The molecule has 1 atom stereocenters. The minimum atomic E-state index is -4.71. The zero-order chi connectivity index (χ0) is 25.8. The standard InChI is InChI=1S/C21H22Cl2F3N3O4S/c1-13(20(31)27-2)28(11-14-7-8-16(22)10-18(14)23)19(30)12-29(34(3,32)33)17-6-4-5-15(9-17)21(24,25)26/h4-10,13H,11-12H2,1-3H3,(H,27,31). The first-order valence-electron chi connectivity index (χ1n) is 9.75. The molecule has 2 rings (SSSR count). The van der Waals surface area contributed by atoms with E-state index in [4.69, 9.17) is 23.2 Å². The van der Waals surface area contributed by atoms with Gasteiger partial charge in [0.25, 0.3) is 0 Å². The number of halogens is 5. The molecule has 0 aliphatic carbocycles. The van der Waals surface area contributed by atoms with Gasteiger partial charge in [0, 0.05) is 23.6 Å². The van der Waals surface area contributed by atoms with Gasteiger partial charge in [-0.05, 0) is 42.8 Å². The van der Waals surface area contributed by atoms with Gasteiger partial charge < -0.3 is 10.2 Å². The predicted octanol–water partition coefficient (Wildman–Crippen LogP) is 3.94. The topological polar surface area (TPSA) is 86.8 Å². The summed E-state index contributed by atoms with van der Waals surface area (Å²) in [5.41, 5.74) is -0.988. The third-order valence-corrected chi connectivity index (χ3v) is 6.64. The maximum absolute atomic E-state index is 13.2. The highest BCUT2D eigenvalue weighted by Crippen LogP contribution is 2.32. The average molecular weight is 540 g/mol. The second-order valence-electron chi connectivity index (χ2n) is 7.37. The minimum Gasteiger partial charge on any atom is -0.357 e. The van der Waals surface area contributed by atoms with E-state index in [9.17, 15) is 31.2 Å². The molecule has 13 heteroatoms. The summed E-state index contributed by atoms with van der Waals surface area (Å²) >= 11 is 12.1. The van der Waals surface area contributed by atoms with E-state index in [2.05, 4.69) is 5.32 Å². The molecule has 1 N–H and O–H groups in total. The number of amides is 2. The summed E-state index contributed by atoms with van der Waals surface area (Å²) in [5.74, 6) is -1.37. The van der Waals surface area contributed by atoms with E-state index in [1.165, 1.54) is 26.1 Å². The fourth-order valence-corrected chi connectivity index (χ4v) is 4.39. The fraction of sp³-hybridized carbons (Fsp3) is 0.333. The Labute approximate surface area is 205 Å². The van der Waals surface area contributed by atoms with Gasteiger partial charge in [0.2, 0.25) is 21.8 Å². The van der Waals surface area contributed by atoms with Crippen molar-refractivity contribution in [2.45, 2.75) is 25.7 Å². The number of likely N-dealkylation sites (N-methyl/N-ethyl adjacent to an activating group) is 1. The summed E-state index contributed by atoms with van der Waals surface area (Å²) in [4.78, 5) is 26.6. The van der Waals surface area contributed by atoms with Gasteiger partial charge in [-0.3, -0.25) is 13.9 Å². The lowest BCUT2D eigenvalue weighted by Crippen LogP contribution is -2.50. The molecule has 0 aliphatic rings. The van der Waals surface area contributed by atoms with Crippen LogP contribution in [0, 0.1) is 0 Å². The van der Waals surface area contributed by atoms with E-state index in [1.807, 2.05) is 0 Å². The summed E-state index contributed by atoms with van der Waals surface area (Å²) in [5, 5.41) is 2.97. The third kappa shape index (κ3) is 7.00. The predicted molar refractivity (Wildman–Crippen MR) is 124 cm³/mol. The zero-order valence-electron chi connectivity index (χ0n) is 18.4. The molecule has 7 nitrogen and oxygen atoms in total. The monoisotopic (exact) mass is 539 g/mol. The molecule has 2 aromatic carbocycles. The molecule has 2 aromatic rings. The Morgan fingerprint density at radius 3 is 2.29 bits per heavy atom. The highest BCUT2D eigenvalue weighted by atomic mass is 35.5. The van der Waals surface area contributed by atoms with Gasteiger partial charge in [0.1, 0.15) is 12.6 Å². The van der Waals surface area contributed by atoms with Gasteiger partial charge in [-0.1, -0.05) is 35.3 Å². The first-order valence-corrected chi connectivity index (χ1v) is 12.4. The van der Waals surface area contributed by atoms with Gasteiger partial charge in [-0.25, -0.2) is 8.42 Å². The molecule has 2 amide bonds. The molecular formula is C21H22Cl2F3N3O4S. The van der Waals surface area contributed by atoms with Gasteiger partial charge in [0.15, 0.2) is 0 Å². The lowest BCUT2D eigenvalue weighted by atomic mass is 10.1. The second kappa shape index (κ2) is 10.8. The fourth-order valence-electron chi connectivity index (χ4n) is 3.08. The summed E-state index contributed by atoms with van der Waals surface area (Å²) in [6.07, 6.45) is -3.95. The van der Waals surface area contributed by atoms with Gasteiger partial charge >= 0.3 is 6.18 Å². The molecule has 0 heterocycles. The SMILES string of the molecule is CNC(=O)C(C)N(Cc1ccc(Cl)cc1Cl)C(=O)CN(c1cccc(C(F)(F)F)c1)S(C)(=O)=O. The highest BCUT2D eigenvalue weighted by Gasteiger charge is 2.33. The summed E-state index contributed by atoms with van der Waals surface area (Å²) in [6, 6.07) is 7.07. The van der Waals surface area contributed by atoms with Crippen LogP contribution in [-0.2, 0) is 32.3 Å². The van der Waals surface area contributed by atoms with Crippen LogP contribution in [0.25, 0.3) is 0 Å². The Kier molecular flexibility index (Phi) is 8.84. The normalized spacial score (nSPS) is 12.7. The van der Waals surface area contributed by atoms with Crippen molar-refractivity contribution in [1.29, 1.82) is 0 Å². The van der Waals surface area contributed by atoms with Crippen molar-refractivity contribution in [3.8, 4) is 0 Å². The molecule has 0 aliphatic heterocycles. The second-order valence-corrected chi connectivity index (χ2v) is 10.1. The van der Waals surface area contributed by atoms with Crippen LogP contribution < -0.4 is 9.62 Å². The van der Waals surface area contributed by atoms with Gasteiger partial charge in [-0.2, -0.15) is 13.2 Å². The Bertz CT molecular complexity index is 1180. The lowest BCUT2D eigenvalue weighted by molar-refractivity contribution is -0.139. The first kappa shape index (κ1) is 27.7. The number of nitrogens with zero attached hydrogens (tertiary/aromatic N) is 2. The highest BCUT2D eigenvalue weighted by molar-refractivity contribution is 7.92. The molecule has 0 bridgehead atoms. The molecule has 0 saturated heterocycles. The minimum absolute atomic E-state index is 0.177. The van der Waals surface area contributed by atoms with Crippen molar-refractivity contribution >= 4 is 50.7 Å². The number of benzene rings is 2. The number of carbonyl (C=O) groups is 2. The molecule has 0 spiro atoms. The molecule has 34 heavy (non-hydrogen) atoms. The number of hydrogen-bond acceptors (Lipinski definition) is 4. The van der Waals surface area contributed by atoms with Crippen LogP contribution in [0.1, 0.15) is 18.1 Å². The Morgan fingerprint density at radius 1 is 1.12 bits per heavy atom. The number of alkyl halides is 3. The quantitative estimate of drug-likeness (QED) is 0.550. The first-order chi connectivity index (χ1) is 15.6. The van der Waals surface area contributed by atoms with Crippen LogP contribution >= 0.6 is 23.2 Å². The van der Waals surface area contributed by atoms with Gasteiger partial charge in [0.05, 0.1) is 17.5 Å². The van der Waals surface area contributed by atoms with E-state index in [0.717, 1.165) is 29.4 Å². The van der Waals surface area contributed by atoms with E-state index in [-0.39, 0.29) is 17.3 Å². The van der Waals surface area contributed by atoms with Crippen LogP contribution in [0.2, 0.25) is 10.0 Å². The van der Waals surface area contributed by atoms with E-state index in [0.29, 0.717) is 21.0 Å². The Hall–Kier alpha value is -2.50. The summed E-state index contributed by atoms with van der Waals surface area (Å²) in [6.45, 7) is 0.409. The third-order valence-electron chi connectivity index (χ3n) is 4.91. The number of nitrogens with one attached hydrogen (secondary N) is 1. The van der Waals surface area contributed by atoms with Gasteiger partial charge in [-0.15, -0.1) is 0 Å². The summed E-state index contributed by atoms with van der Waals surface area (Å²) in [7, 11) is -2.81. The Morgan fingerprint density at radius 2 is 1.76 bits per heavy atom. The zero-order valence-corrected chi connectivity index (χ0v) is 20.7. The van der Waals surface area contributed by atoms with Crippen molar-refractivity contribution in [2.75, 3.05) is 24.2 Å². The largest absolute Gasteiger partial charge is 0.416 e. The van der Waals surface area contributed by atoms with E-state index < -0.39 is 46.2 Å². The molecule has 0 aromatic heterocycles. The van der Waals surface area contributed by atoms with E-state index >= 15 is 0 Å². The molecule has 186 valence electrons. The number of rotatable bonds is 8. The van der Waals surface area contributed by atoms with Crippen molar-refractivity contribution in [1.82, 2.24) is 10.2 Å². The van der Waals surface area contributed by atoms with Crippen molar-refractivity contribution < 1.29 is 31.2 Å². The number of hydrogen-bond donors (Lipinski definition) is 1. The molecule has 0 saturated carbocycles. The lowest BCUT2D eigenvalue weighted by Gasteiger charge is -2.31. The maximum atomic E-state index is 13.2. The van der Waals surface area contributed by atoms with Crippen LogP contribution in [0.15, 0.2) is 42.5 Å². The van der Waals surface area contributed by atoms with Crippen LogP contribution in [0.3, 0.4) is 0 Å². The summed E-state index contributed by atoms with van der Waals surface area (Å²) < 4.78 is 64.8. The van der Waals surface area contributed by atoms with Crippen molar-refractivity contribution in [3.05, 3.63) is 63.6 Å². The molecule has 0 fully saturated rings. The maximum Gasteiger partial charge on any atom is 0.416 e. The molecular weight excluding hydrogens is 518 g/mol. The van der Waals surface area contributed by atoms with Crippen LogP contribution in [0.4, 0.5) is 18.9 Å². The average Bonchev–Trinajstić information content (AvgIpc) is 2.74. The molecule has 0 radical (unpaired) electrons. The van der Waals surface area contributed by atoms with Crippen molar-refractivity contribution in [2.24, 2.45) is 0 Å². The Balaban J connectivity index is 2.46. The number of sulfonamides is 1. The van der Waals surface area contributed by atoms with Crippen LogP contribution in [-0.4, -0.2) is 51.0 Å². The van der Waals surface area contributed by atoms with Crippen molar-refractivity contribution in [3.63, 3.8) is 0 Å². The number of carbonyl (C=O) groups excluding carboxylic acids is 2. The molecule has 1 unspecified atom stereocenters. The van der Waals surface area contributed by atoms with Crippen LogP contribution in [0.5, 0.6) is 0 Å².